The minimum absolute atomic E-state index is 0.134. The van der Waals surface area contributed by atoms with Gasteiger partial charge in [-0.2, -0.15) is 5.10 Å². The van der Waals surface area contributed by atoms with Crippen LogP contribution in [0, 0.1) is 12.7 Å². The fraction of sp³-hybridized carbons (Fsp3) is 0.190. The minimum atomic E-state index is -1.02. The van der Waals surface area contributed by atoms with E-state index in [4.69, 9.17) is 21.4 Å². The lowest BCUT2D eigenvalue weighted by Crippen LogP contribution is -2.27. The molecule has 2 N–H and O–H groups in total. The van der Waals surface area contributed by atoms with Crippen molar-refractivity contribution in [2.75, 3.05) is 0 Å². The first-order chi connectivity index (χ1) is 14.2. The molecule has 0 unspecified atom stereocenters. The Balaban J connectivity index is 1.84. The van der Waals surface area contributed by atoms with Gasteiger partial charge in [-0.05, 0) is 43.7 Å². The molecule has 1 aromatic heterocycles. The summed E-state index contributed by atoms with van der Waals surface area (Å²) in [5.74, 6) is -1.76. The second-order valence-electron chi connectivity index (χ2n) is 6.72. The van der Waals surface area contributed by atoms with E-state index in [1.807, 2.05) is 0 Å². The van der Waals surface area contributed by atoms with E-state index in [0.717, 1.165) is 17.7 Å². The molecule has 0 aliphatic carbocycles. The molecule has 7 nitrogen and oxygen atoms in total. The Morgan fingerprint density at radius 2 is 1.90 bits per heavy atom. The van der Waals surface area contributed by atoms with Crippen LogP contribution in [-0.4, -0.2) is 26.8 Å². The molecule has 1 atom stereocenters. The van der Waals surface area contributed by atoms with Crippen LogP contribution >= 0.6 is 11.6 Å². The average Bonchev–Trinajstić information content (AvgIpc) is 2.94. The van der Waals surface area contributed by atoms with Crippen molar-refractivity contribution in [1.29, 1.82) is 0 Å². The van der Waals surface area contributed by atoms with Crippen LogP contribution in [0.15, 0.2) is 42.5 Å². The molecule has 1 heterocycles. The second kappa shape index (κ2) is 8.54. The summed E-state index contributed by atoms with van der Waals surface area (Å²) in [5.41, 5.74) is 1.52. The van der Waals surface area contributed by atoms with Crippen LogP contribution in [0.25, 0.3) is 0 Å². The summed E-state index contributed by atoms with van der Waals surface area (Å²) in [7, 11) is 1.61. The predicted octanol–water partition coefficient (Wildman–Crippen LogP) is 4.50. The van der Waals surface area contributed by atoms with Gasteiger partial charge >= 0.3 is 5.97 Å². The van der Waals surface area contributed by atoms with Crippen molar-refractivity contribution >= 4 is 23.5 Å². The number of hydrogen-bond acceptors (Lipinski definition) is 4. The number of amides is 1. The Morgan fingerprint density at radius 3 is 2.50 bits per heavy atom. The fourth-order valence-corrected chi connectivity index (χ4v) is 3.19. The number of ether oxygens (including phenoxy) is 1. The number of carboxylic acids is 1. The minimum Gasteiger partial charge on any atom is -0.478 e. The van der Waals surface area contributed by atoms with Crippen molar-refractivity contribution in [3.63, 3.8) is 0 Å². The smallest absolute Gasteiger partial charge is 0.335 e. The second-order valence-corrected chi connectivity index (χ2v) is 7.16. The van der Waals surface area contributed by atoms with Crippen LogP contribution in [0.4, 0.5) is 4.39 Å². The van der Waals surface area contributed by atoms with Crippen LogP contribution in [0.1, 0.15) is 44.9 Å². The highest BCUT2D eigenvalue weighted by Crippen LogP contribution is 2.30. The number of halogens is 2. The van der Waals surface area contributed by atoms with Crippen LogP contribution in [-0.2, 0) is 7.05 Å². The first-order valence-electron chi connectivity index (χ1n) is 8.97. The lowest BCUT2D eigenvalue weighted by Gasteiger charge is -2.15. The summed E-state index contributed by atoms with van der Waals surface area (Å²) in [4.78, 5) is 23.9. The number of carbonyl (C=O) groups excluding carboxylic acids is 1. The van der Waals surface area contributed by atoms with Crippen LogP contribution in [0.3, 0.4) is 0 Å². The summed E-state index contributed by atoms with van der Waals surface area (Å²) in [6, 6.07) is 9.54. The van der Waals surface area contributed by atoms with Gasteiger partial charge in [0.25, 0.3) is 5.91 Å². The van der Waals surface area contributed by atoms with Gasteiger partial charge in [0, 0.05) is 18.1 Å². The molecule has 0 radical (unpaired) electrons. The standard InChI is InChI=1S/C21H19ClFN3O4/c1-11(13-4-6-14(7-5-13)21(28)29)24-19(27)18-12(2)25-26(3)20(18)30-17-9-15(22)8-16(23)10-17/h4-11H,1-3H3,(H,24,27)(H,28,29)/t11-/m0/s1. The molecule has 3 rings (SSSR count). The number of aromatic carboxylic acids is 1. The van der Waals surface area contributed by atoms with Crippen LogP contribution in [0.2, 0.25) is 5.02 Å². The molecule has 2 aromatic carbocycles. The highest BCUT2D eigenvalue weighted by molar-refractivity contribution is 6.30. The molecule has 156 valence electrons. The van der Waals surface area contributed by atoms with Gasteiger partial charge < -0.3 is 15.2 Å². The van der Waals surface area contributed by atoms with Gasteiger partial charge in [0.15, 0.2) is 0 Å². The van der Waals surface area contributed by atoms with Crippen LogP contribution in [0.5, 0.6) is 11.6 Å². The monoisotopic (exact) mass is 431 g/mol. The highest BCUT2D eigenvalue weighted by atomic mass is 35.5. The molecular weight excluding hydrogens is 413 g/mol. The SMILES string of the molecule is Cc1nn(C)c(Oc2cc(F)cc(Cl)c2)c1C(=O)N[C@@H](C)c1ccc(C(=O)O)cc1. The molecule has 0 aliphatic rings. The highest BCUT2D eigenvalue weighted by Gasteiger charge is 2.24. The van der Waals surface area contributed by atoms with Gasteiger partial charge in [-0.25, -0.2) is 13.9 Å². The zero-order chi connectivity index (χ0) is 22.0. The van der Waals surface area contributed by atoms with Crippen molar-refractivity contribution < 1.29 is 23.8 Å². The van der Waals surface area contributed by atoms with E-state index >= 15 is 0 Å². The number of carboxylic acid groups (broad SMARTS) is 1. The van der Waals surface area contributed by atoms with Gasteiger partial charge in [-0.3, -0.25) is 4.79 Å². The molecule has 0 spiro atoms. The molecule has 1 amide bonds. The Bertz CT molecular complexity index is 1090. The Hall–Kier alpha value is -3.39. The molecule has 0 saturated carbocycles. The lowest BCUT2D eigenvalue weighted by molar-refractivity contribution is 0.0696. The van der Waals surface area contributed by atoms with Gasteiger partial charge in [0.2, 0.25) is 5.88 Å². The number of carbonyl (C=O) groups is 2. The van der Waals surface area contributed by atoms with Crippen molar-refractivity contribution in [3.05, 3.63) is 75.7 Å². The number of benzene rings is 2. The lowest BCUT2D eigenvalue weighted by atomic mass is 10.1. The van der Waals surface area contributed by atoms with Gasteiger partial charge in [0.1, 0.15) is 17.1 Å². The molecule has 0 saturated heterocycles. The number of nitrogens with zero attached hydrogens (tertiary/aromatic N) is 2. The Morgan fingerprint density at radius 1 is 1.23 bits per heavy atom. The Labute approximate surface area is 177 Å². The van der Waals surface area contributed by atoms with E-state index in [1.165, 1.54) is 22.9 Å². The van der Waals surface area contributed by atoms with Crippen molar-refractivity contribution in [2.45, 2.75) is 19.9 Å². The zero-order valence-corrected chi connectivity index (χ0v) is 17.2. The number of rotatable bonds is 6. The van der Waals surface area contributed by atoms with Crippen molar-refractivity contribution in [2.24, 2.45) is 7.05 Å². The summed E-state index contributed by atoms with van der Waals surface area (Å²) in [6.07, 6.45) is 0. The van der Waals surface area contributed by atoms with E-state index in [0.29, 0.717) is 5.69 Å². The van der Waals surface area contributed by atoms with Crippen molar-refractivity contribution in [1.82, 2.24) is 15.1 Å². The van der Waals surface area contributed by atoms with Gasteiger partial charge in [0.05, 0.1) is 17.3 Å². The number of aryl methyl sites for hydroxylation is 2. The quantitative estimate of drug-likeness (QED) is 0.599. The van der Waals surface area contributed by atoms with E-state index < -0.39 is 23.7 Å². The molecule has 3 aromatic rings. The topological polar surface area (TPSA) is 93.5 Å². The molecule has 0 fully saturated rings. The maximum atomic E-state index is 13.6. The molecule has 0 bridgehead atoms. The summed E-state index contributed by atoms with van der Waals surface area (Å²) in [5, 5.41) is 16.2. The van der Waals surface area contributed by atoms with E-state index in [2.05, 4.69) is 10.4 Å². The molecular formula is C21H19ClFN3O4. The van der Waals surface area contributed by atoms with E-state index in [9.17, 15) is 14.0 Å². The van der Waals surface area contributed by atoms with Gasteiger partial charge in [-0.1, -0.05) is 23.7 Å². The largest absolute Gasteiger partial charge is 0.478 e. The molecule has 9 heteroatoms. The average molecular weight is 432 g/mol. The predicted molar refractivity (Wildman–Crippen MR) is 109 cm³/mol. The summed E-state index contributed by atoms with van der Waals surface area (Å²) in [6.45, 7) is 3.43. The normalized spacial score (nSPS) is 11.8. The first kappa shape index (κ1) is 21.3. The van der Waals surface area contributed by atoms with E-state index in [1.54, 1.807) is 33.0 Å². The third-order valence-electron chi connectivity index (χ3n) is 4.45. The maximum absolute atomic E-state index is 13.6. The third kappa shape index (κ3) is 4.60. The zero-order valence-electron chi connectivity index (χ0n) is 16.4. The third-order valence-corrected chi connectivity index (χ3v) is 4.67. The molecule has 30 heavy (non-hydrogen) atoms. The summed E-state index contributed by atoms with van der Waals surface area (Å²) >= 11 is 5.87. The summed E-state index contributed by atoms with van der Waals surface area (Å²) < 4.78 is 20.7. The fourth-order valence-electron chi connectivity index (χ4n) is 2.98. The van der Waals surface area contributed by atoms with Gasteiger partial charge in [-0.15, -0.1) is 0 Å². The first-order valence-corrected chi connectivity index (χ1v) is 9.35. The number of nitrogens with one attached hydrogen (secondary N) is 1. The van der Waals surface area contributed by atoms with E-state index in [-0.39, 0.29) is 27.8 Å². The van der Waals surface area contributed by atoms with Crippen LogP contribution < -0.4 is 10.1 Å². The van der Waals surface area contributed by atoms with Crippen molar-refractivity contribution in [3.8, 4) is 11.6 Å². The maximum Gasteiger partial charge on any atom is 0.335 e. The molecule has 0 aliphatic heterocycles. The number of aromatic nitrogens is 2. The number of hydrogen-bond donors (Lipinski definition) is 2. The Kier molecular flexibility index (Phi) is 6.07.